The Bertz CT molecular complexity index is 680. The molecule has 0 bridgehead atoms. The van der Waals surface area contributed by atoms with Gasteiger partial charge in [0.05, 0.1) is 19.3 Å². The Kier molecular flexibility index (Phi) is 5.89. The quantitative estimate of drug-likeness (QED) is 0.862. The summed E-state index contributed by atoms with van der Waals surface area (Å²) >= 11 is 0. The number of amides is 3. The number of nitrogens with one attached hydrogen (secondary N) is 1. The van der Waals surface area contributed by atoms with Crippen molar-refractivity contribution in [3.8, 4) is 0 Å². The van der Waals surface area contributed by atoms with Crippen LogP contribution in [0.15, 0.2) is 24.3 Å². The zero-order chi connectivity index (χ0) is 19.4. The first-order chi connectivity index (χ1) is 12.8. The van der Waals surface area contributed by atoms with Crippen LogP contribution in [0.4, 0.5) is 9.59 Å². The number of ether oxygens (including phenoxy) is 2. The second-order valence-corrected chi connectivity index (χ2v) is 7.92. The van der Waals surface area contributed by atoms with Gasteiger partial charge in [0.15, 0.2) is 0 Å². The molecule has 1 atom stereocenters. The second-order valence-electron chi connectivity index (χ2n) is 7.92. The fourth-order valence-electron chi connectivity index (χ4n) is 3.47. The molecular formula is C20H29N3O4. The third-order valence-electron chi connectivity index (χ3n) is 4.79. The number of morpholine rings is 1. The lowest BCUT2D eigenvalue weighted by molar-refractivity contribution is 0.0139. The second kappa shape index (κ2) is 8.17. The van der Waals surface area contributed by atoms with E-state index in [0.29, 0.717) is 39.4 Å². The fourth-order valence-corrected chi connectivity index (χ4v) is 3.47. The van der Waals surface area contributed by atoms with Crippen LogP contribution >= 0.6 is 0 Å². The van der Waals surface area contributed by atoms with Gasteiger partial charge in [0.2, 0.25) is 0 Å². The molecule has 1 saturated heterocycles. The zero-order valence-electron chi connectivity index (χ0n) is 16.4. The standard InChI is InChI=1S/C20H29N3O4/c1-20(2,3)27-19(25)23-9-8-15-6-4-5-7-16(15)17(23)14-21-18(24)22-10-12-26-13-11-22/h4-7,17H,8-14H2,1-3H3,(H,21,24). The summed E-state index contributed by atoms with van der Waals surface area (Å²) in [6, 6.07) is 7.72. The van der Waals surface area contributed by atoms with Crippen molar-refractivity contribution in [2.45, 2.75) is 38.8 Å². The predicted molar refractivity (Wildman–Crippen MR) is 102 cm³/mol. The number of benzene rings is 1. The largest absolute Gasteiger partial charge is 0.444 e. The molecule has 27 heavy (non-hydrogen) atoms. The molecule has 3 rings (SSSR count). The molecule has 1 aromatic carbocycles. The van der Waals surface area contributed by atoms with Crippen LogP contribution in [-0.2, 0) is 15.9 Å². The van der Waals surface area contributed by atoms with Crippen LogP contribution in [0.1, 0.15) is 37.9 Å². The van der Waals surface area contributed by atoms with E-state index in [-0.39, 0.29) is 18.2 Å². The molecule has 3 amide bonds. The van der Waals surface area contributed by atoms with Crippen LogP contribution in [-0.4, -0.2) is 66.9 Å². The van der Waals surface area contributed by atoms with Crippen LogP contribution < -0.4 is 5.32 Å². The van der Waals surface area contributed by atoms with E-state index < -0.39 is 5.60 Å². The van der Waals surface area contributed by atoms with Gasteiger partial charge in [-0.25, -0.2) is 9.59 Å². The third-order valence-corrected chi connectivity index (χ3v) is 4.79. The maximum absolute atomic E-state index is 12.7. The minimum atomic E-state index is -0.560. The van der Waals surface area contributed by atoms with E-state index in [1.807, 2.05) is 39.0 Å². The monoisotopic (exact) mass is 375 g/mol. The lowest BCUT2D eigenvalue weighted by atomic mass is 9.93. The van der Waals surface area contributed by atoms with Gasteiger partial charge < -0.3 is 19.7 Å². The highest BCUT2D eigenvalue weighted by Crippen LogP contribution is 2.30. The van der Waals surface area contributed by atoms with E-state index in [2.05, 4.69) is 11.4 Å². The molecule has 2 aliphatic heterocycles. The molecule has 0 radical (unpaired) electrons. The van der Waals surface area contributed by atoms with Crippen LogP contribution in [0.2, 0.25) is 0 Å². The first-order valence-electron chi connectivity index (χ1n) is 9.53. The average Bonchev–Trinajstić information content (AvgIpc) is 2.65. The first kappa shape index (κ1) is 19.5. The Balaban J connectivity index is 1.74. The van der Waals surface area contributed by atoms with Crippen LogP contribution in [0.25, 0.3) is 0 Å². The van der Waals surface area contributed by atoms with Crippen molar-refractivity contribution in [1.82, 2.24) is 15.1 Å². The number of carbonyl (C=O) groups is 2. The molecule has 7 nitrogen and oxygen atoms in total. The molecule has 0 aromatic heterocycles. The van der Waals surface area contributed by atoms with Crippen LogP contribution in [0, 0.1) is 0 Å². The molecule has 1 aromatic rings. The maximum atomic E-state index is 12.7. The molecule has 1 N–H and O–H groups in total. The third kappa shape index (κ3) is 4.91. The maximum Gasteiger partial charge on any atom is 0.410 e. The van der Waals surface area contributed by atoms with Crippen molar-refractivity contribution in [1.29, 1.82) is 0 Å². The molecule has 0 saturated carbocycles. The average molecular weight is 375 g/mol. The predicted octanol–water partition coefficient (Wildman–Crippen LogP) is 2.56. The molecule has 1 unspecified atom stereocenters. The normalized spacial score (nSPS) is 20.0. The summed E-state index contributed by atoms with van der Waals surface area (Å²) in [5.41, 5.74) is 1.72. The fraction of sp³-hybridized carbons (Fsp3) is 0.600. The molecule has 0 spiro atoms. The molecule has 148 valence electrons. The summed E-state index contributed by atoms with van der Waals surface area (Å²) in [5, 5.41) is 2.99. The Morgan fingerprint density at radius 2 is 1.89 bits per heavy atom. The molecule has 2 heterocycles. The molecule has 1 fully saturated rings. The van der Waals surface area contributed by atoms with E-state index in [4.69, 9.17) is 9.47 Å². The van der Waals surface area contributed by atoms with E-state index in [9.17, 15) is 9.59 Å². The van der Waals surface area contributed by atoms with Crippen molar-refractivity contribution < 1.29 is 19.1 Å². The van der Waals surface area contributed by atoms with Gasteiger partial charge in [0.1, 0.15) is 5.60 Å². The Hall–Kier alpha value is -2.28. The Morgan fingerprint density at radius 1 is 1.19 bits per heavy atom. The highest BCUT2D eigenvalue weighted by molar-refractivity contribution is 5.74. The van der Waals surface area contributed by atoms with Gasteiger partial charge in [-0.15, -0.1) is 0 Å². The van der Waals surface area contributed by atoms with Crippen molar-refractivity contribution >= 4 is 12.1 Å². The summed E-state index contributed by atoms with van der Waals surface area (Å²) in [5.74, 6) is 0. The molecule has 0 aliphatic carbocycles. The van der Waals surface area contributed by atoms with Gasteiger partial charge >= 0.3 is 12.1 Å². The summed E-state index contributed by atoms with van der Waals surface area (Å²) < 4.78 is 10.9. The van der Waals surface area contributed by atoms with E-state index in [1.165, 1.54) is 5.56 Å². The van der Waals surface area contributed by atoms with Crippen molar-refractivity contribution in [2.75, 3.05) is 39.4 Å². The number of rotatable bonds is 2. The van der Waals surface area contributed by atoms with Gasteiger partial charge in [0, 0.05) is 26.2 Å². The van der Waals surface area contributed by atoms with Crippen LogP contribution in [0.3, 0.4) is 0 Å². The van der Waals surface area contributed by atoms with Gasteiger partial charge in [-0.2, -0.15) is 0 Å². The van der Waals surface area contributed by atoms with E-state index >= 15 is 0 Å². The number of fused-ring (bicyclic) bond motifs is 1. The first-order valence-corrected chi connectivity index (χ1v) is 9.53. The summed E-state index contributed by atoms with van der Waals surface area (Å²) in [4.78, 5) is 28.7. The number of hydrogen-bond donors (Lipinski definition) is 1. The lowest BCUT2D eigenvalue weighted by Gasteiger charge is -2.38. The smallest absolute Gasteiger partial charge is 0.410 e. The molecule has 7 heteroatoms. The number of urea groups is 1. The number of carbonyl (C=O) groups excluding carboxylic acids is 2. The van der Waals surface area contributed by atoms with E-state index in [1.54, 1.807) is 9.80 Å². The minimum absolute atomic E-state index is 0.120. The minimum Gasteiger partial charge on any atom is -0.444 e. The highest BCUT2D eigenvalue weighted by atomic mass is 16.6. The highest BCUT2D eigenvalue weighted by Gasteiger charge is 2.34. The van der Waals surface area contributed by atoms with Crippen molar-refractivity contribution in [3.05, 3.63) is 35.4 Å². The van der Waals surface area contributed by atoms with Crippen molar-refractivity contribution in [2.24, 2.45) is 0 Å². The van der Waals surface area contributed by atoms with Crippen molar-refractivity contribution in [3.63, 3.8) is 0 Å². The number of hydrogen-bond acceptors (Lipinski definition) is 4. The molecule has 2 aliphatic rings. The van der Waals surface area contributed by atoms with E-state index in [0.717, 1.165) is 12.0 Å². The zero-order valence-corrected chi connectivity index (χ0v) is 16.4. The summed E-state index contributed by atoms with van der Waals surface area (Å²) in [7, 11) is 0. The lowest BCUT2D eigenvalue weighted by Crippen LogP contribution is -2.50. The van der Waals surface area contributed by atoms with Gasteiger partial charge in [-0.3, -0.25) is 4.90 Å². The SMILES string of the molecule is CC(C)(C)OC(=O)N1CCc2ccccc2C1CNC(=O)N1CCOCC1. The van der Waals surface area contributed by atoms with Crippen LogP contribution in [0.5, 0.6) is 0 Å². The Morgan fingerprint density at radius 3 is 2.59 bits per heavy atom. The van der Waals surface area contributed by atoms with Gasteiger partial charge in [-0.1, -0.05) is 24.3 Å². The summed E-state index contributed by atoms with van der Waals surface area (Å²) in [6.45, 7) is 8.80. The topological polar surface area (TPSA) is 71.1 Å². The van der Waals surface area contributed by atoms with Gasteiger partial charge in [-0.05, 0) is 38.3 Å². The number of nitrogens with zero attached hydrogens (tertiary/aromatic N) is 2. The van der Waals surface area contributed by atoms with Gasteiger partial charge in [0.25, 0.3) is 0 Å². The molecular weight excluding hydrogens is 346 g/mol. The summed E-state index contributed by atoms with van der Waals surface area (Å²) in [6.07, 6.45) is 0.436. The Labute approximate surface area is 160 Å².